The van der Waals surface area contributed by atoms with Crippen molar-refractivity contribution in [1.82, 2.24) is 20.0 Å². The maximum atomic E-state index is 4.61. The van der Waals surface area contributed by atoms with Crippen LogP contribution in [0.25, 0.3) is 16.6 Å². The van der Waals surface area contributed by atoms with Gasteiger partial charge in [-0.1, -0.05) is 18.2 Å². The number of piperidine rings is 1. The van der Waals surface area contributed by atoms with Crippen molar-refractivity contribution in [3.05, 3.63) is 54.7 Å². The van der Waals surface area contributed by atoms with Gasteiger partial charge in [-0.3, -0.25) is 4.90 Å². The fourth-order valence-corrected chi connectivity index (χ4v) is 4.50. The van der Waals surface area contributed by atoms with E-state index in [2.05, 4.69) is 62.7 Å². The first kappa shape index (κ1) is 16.8. The van der Waals surface area contributed by atoms with Gasteiger partial charge in [0.25, 0.3) is 0 Å². The Balaban J connectivity index is 1.35. The average Bonchev–Trinajstić information content (AvgIpc) is 3.18. The quantitative estimate of drug-likeness (QED) is 0.778. The van der Waals surface area contributed by atoms with E-state index < -0.39 is 0 Å². The molecule has 0 spiro atoms. The lowest BCUT2D eigenvalue weighted by molar-refractivity contribution is 0.153. The standard InChI is InChI=1S/C22H27N5/c1-2-4-20(5-3-1)27-22-16-21(7-6-18(22)17-24-27)26-14-12-25(13-15-26)19-8-10-23-11-9-19/h1-7,16-17,19,23H,8-15H2. The predicted octanol–water partition coefficient (Wildman–Crippen LogP) is 2.90. The molecule has 1 N–H and O–H groups in total. The Bertz CT molecular complexity index is 889. The lowest BCUT2D eigenvalue weighted by Crippen LogP contribution is -2.52. The van der Waals surface area contributed by atoms with Crippen molar-refractivity contribution in [2.75, 3.05) is 44.2 Å². The molecule has 2 saturated heterocycles. The van der Waals surface area contributed by atoms with Crippen LogP contribution in [0.15, 0.2) is 54.7 Å². The number of hydrogen-bond acceptors (Lipinski definition) is 4. The first-order chi connectivity index (χ1) is 13.4. The van der Waals surface area contributed by atoms with E-state index in [1.54, 1.807) is 0 Å². The normalized spacial score (nSPS) is 19.6. The Kier molecular flexibility index (Phi) is 4.56. The third-order valence-electron chi connectivity index (χ3n) is 6.06. The average molecular weight is 361 g/mol. The van der Waals surface area contributed by atoms with Crippen LogP contribution in [-0.2, 0) is 0 Å². The summed E-state index contributed by atoms with van der Waals surface area (Å²) in [7, 11) is 0. The van der Waals surface area contributed by atoms with Crippen LogP contribution in [0.3, 0.4) is 0 Å². The molecule has 5 rings (SSSR count). The Morgan fingerprint density at radius 3 is 2.41 bits per heavy atom. The van der Waals surface area contributed by atoms with Gasteiger partial charge in [0.15, 0.2) is 0 Å². The molecule has 2 aliphatic heterocycles. The Morgan fingerprint density at radius 2 is 1.63 bits per heavy atom. The van der Waals surface area contributed by atoms with Crippen LogP contribution in [0.5, 0.6) is 0 Å². The van der Waals surface area contributed by atoms with Crippen LogP contribution >= 0.6 is 0 Å². The summed E-state index contributed by atoms with van der Waals surface area (Å²) in [5, 5.41) is 9.28. The molecule has 1 aromatic heterocycles. The zero-order valence-corrected chi connectivity index (χ0v) is 15.7. The minimum atomic E-state index is 0.774. The summed E-state index contributed by atoms with van der Waals surface area (Å²) < 4.78 is 2.05. The molecule has 0 aliphatic carbocycles. The lowest BCUT2D eigenvalue weighted by Gasteiger charge is -2.41. The summed E-state index contributed by atoms with van der Waals surface area (Å²) >= 11 is 0. The minimum Gasteiger partial charge on any atom is -0.369 e. The molecule has 0 radical (unpaired) electrons. The zero-order valence-electron chi connectivity index (χ0n) is 15.7. The molecular formula is C22H27N5. The SMILES string of the molecule is c1ccc(-n2ncc3ccc(N4CCN(C5CCNCC5)CC4)cc32)cc1. The molecule has 0 atom stereocenters. The predicted molar refractivity (Wildman–Crippen MR) is 111 cm³/mol. The van der Waals surface area contributed by atoms with Crippen molar-refractivity contribution in [1.29, 1.82) is 0 Å². The van der Waals surface area contributed by atoms with E-state index >= 15 is 0 Å². The highest BCUT2D eigenvalue weighted by atomic mass is 15.3. The number of nitrogens with one attached hydrogen (secondary N) is 1. The number of rotatable bonds is 3. The van der Waals surface area contributed by atoms with Gasteiger partial charge in [0, 0.05) is 43.3 Å². The number of benzene rings is 2. The van der Waals surface area contributed by atoms with E-state index in [9.17, 15) is 0 Å². The van der Waals surface area contributed by atoms with Crippen LogP contribution in [0.4, 0.5) is 5.69 Å². The molecule has 3 aromatic rings. The highest BCUT2D eigenvalue weighted by Gasteiger charge is 2.25. The maximum absolute atomic E-state index is 4.61. The second-order valence-corrected chi connectivity index (χ2v) is 7.64. The van der Waals surface area contributed by atoms with Crippen LogP contribution in [0, 0.1) is 0 Å². The number of hydrogen-bond donors (Lipinski definition) is 1. The highest BCUT2D eigenvalue weighted by molar-refractivity contribution is 5.84. The molecule has 2 fully saturated rings. The number of fused-ring (bicyclic) bond motifs is 1. The summed E-state index contributed by atoms with van der Waals surface area (Å²) in [6, 6.07) is 17.9. The summed E-state index contributed by atoms with van der Waals surface area (Å²) in [4.78, 5) is 5.23. The van der Waals surface area contributed by atoms with E-state index in [4.69, 9.17) is 0 Å². The largest absolute Gasteiger partial charge is 0.369 e. The third-order valence-corrected chi connectivity index (χ3v) is 6.06. The molecule has 3 heterocycles. The van der Waals surface area contributed by atoms with Gasteiger partial charge in [0.05, 0.1) is 17.4 Å². The lowest BCUT2D eigenvalue weighted by atomic mass is 10.0. The molecule has 0 unspecified atom stereocenters. The van der Waals surface area contributed by atoms with Crippen LogP contribution in [-0.4, -0.2) is 60.0 Å². The molecule has 0 amide bonds. The summed E-state index contributed by atoms with van der Waals surface area (Å²) in [5.74, 6) is 0. The van der Waals surface area contributed by atoms with Crippen molar-refractivity contribution in [3.8, 4) is 5.69 Å². The van der Waals surface area contributed by atoms with Crippen molar-refractivity contribution in [3.63, 3.8) is 0 Å². The number of piperazine rings is 1. The number of nitrogens with zero attached hydrogens (tertiary/aromatic N) is 4. The molecule has 0 saturated carbocycles. The van der Waals surface area contributed by atoms with Gasteiger partial charge in [-0.15, -0.1) is 0 Å². The molecule has 140 valence electrons. The Hall–Kier alpha value is -2.37. The van der Waals surface area contributed by atoms with Crippen molar-refractivity contribution < 1.29 is 0 Å². The molecule has 2 aromatic carbocycles. The Labute approximate surface area is 160 Å². The van der Waals surface area contributed by atoms with Crippen LogP contribution < -0.4 is 10.2 Å². The number of aromatic nitrogens is 2. The molecular weight excluding hydrogens is 334 g/mol. The van der Waals surface area contributed by atoms with E-state index in [-0.39, 0.29) is 0 Å². The maximum Gasteiger partial charge on any atom is 0.0761 e. The topological polar surface area (TPSA) is 36.3 Å². The smallest absolute Gasteiger partial charge is 0.0761 e. The van der Waals surface area contributed by atoms with Crippen LogP contribution in [0.1, 0.15) is 12.8 Å². The van der Waals surface area contributed by atoms with Gasteiger partial charge in [-0.25, -0.2) is 4.68 Å². The molecule has 27 heavy (non-hydrogen) atoms. The summed E-state index contributed by atoms with van der Waals surface area (Å²) in [6.45, 7) is 6.89. The van der Waals surface area contributed by atoms with E-state index in [1.165, 1.54) is 55.6 Å². The van der Waals surface area contributed by atoms with Crippen molar-refractivity contribution >= 4 is 16.6 Å². The summed E-state index contributed by atoms with van der Waals surface area (Å²) in [5.41, 5.74) is 3.60. The van der Waals surface area contributed by atoms with E-state index in [0.29, 0.717) is 0 Å². The summed E-state index contributed by atoms with van der Waals surface area (Å²) in [6.07, 6.45) is 4.55. The fraction of sp³-hybridized carbons (Fsp3) is 0.409. The first-order valence-corrected chi connectivity index (χ1v) is 10.1. The van der Waals surface area contributed by atoms with Crippen molar-refractivity contribution in [2.45, 2.75) is 18.9 Å². The fourth-order valence-electron chi connectivity index (χ4n) is 4.50. The Morgan fingerprint density at radius 1 is 0.852 bits per heavy atom. The van der Waals surface area contributed by atoms with E-state index in [1.807, 2.05) is 16.9 Å². The highest BCUT2D eigenvalue weighted by Crippen LogP contribution is 2.26. The molecule has 5 heteroatoms. The monoisotopic (exact) mass is 361 g/mol. The van der Waals surface area contributed by atoms with E-state index in [0.717, 1.165) is 24.8 Å². The molecule has 2 aliphatic rings. The van der Waals surface area contributed by atoms with Crippen LogP contribution in [0.2, 0.25) is 0 Å². The number of anilines is 1. The van der Waals surface area contributed by atoms with Gasteiger partial charge < -0.3 is 10.2 Å². The van der Waals surface area contributed by atoms with Gasteiger partial charge in [0.2, 0.25) is 0 Å². The van der Waals surface area contributed by atoms with Gasteiger partial charge in [-0.05, 0) is 56.3 Å². The minimum absolute atomic E-state index is 0.774. The second kappa shape index (κ2) is 7.33. The first-order valence-electron chi connectivity index (χ1n) is 10.1. The van der Waals surface area contributed by atoms with Crippen molar-refractivity contribution in [2.24, 2.45) is 0 Å². The van der Waals surface area contributed by atoms with Gasteiger partial charge in [0.1, 0.15) is 0 Å². The second-order valence-electron chi connectivity index (χ2n) is 7.64. The third kappa shape index (κ3) is 3.33. The molecule has 0 bridgehead atoms. The molecule has 5 nitrogen and oxygen atoms in total. The number of para-hydroxylation sites is 1. The van der Waals surface area contributed by atoms with Gasteiger partial charge in [-0.2, -0.15) is 5.10 Å². The van der Waals surface area contributed by atoms with Gasteiger partial charge >= 0.3 is 0 Å². The zero-order chi connectivity index (χ0) is 18.1.